The Morgan fingerprint density at radius 3 is 2.21 bits per heavy atom. The number of nitrogens with zero attached hydrogens (tertiary/aromatic N) is 1. The maximum absolute atomic E-state index is 13.1. The molecule has 0 spiro atoms. The van der Waals surface area contributed by atoms with E-state index < -0.39 is 22.9 Å². The average molecular weight is 399 g/mol. The van der Waals surface area contributed by atoms with Crippen molar-refractivity contribution in [3.63, 3.8) is 0 Å². The molecule has 0 bridgehead atoms. The van der Waals surface area contributed by atoms with Crippen molar-refractivity contribution in [1.29, 1.82) is 0 Å². The SMILES string of the molecule is CC1(C)C(=O)OC(/C(=N/Nc2ccccc2)c2ccc(Cl)cc2)C(C)(C)C1=O. The second kappa shape index (κ2) is 7.40. The fourth-order valence-electron chi connectivity index (χ4n) is 3.35. The standard InChI is InChI=1S/C22H23ClN2O3/c1-21(2)18(28-20(27)22(3,4)19(21)26)17(14-10-12-15(23)13-11-14)25-24-16-8-6-5-7-9-16/h5-13,18,24H,1-4H3/b25-17+. The Bertz CT molecular complexity index is 919. The molecule has 2 aromatic carbocycles. The largest absolute Gasteiger partial charge is 0.454 e. The summed E-state index contributed by atoms with van der Waals surface area (Å²) in [5, 5.41) is 5.10. The number of cyclic esters (lactones) is 1. The number of halogens is 1. The van der Waals surface area contributed by atoms with Crippen LogP contribution in [0.1, 0.15) is 33.3 Å². The van der Waals surface area contributed by atoms with Crippen molar-refractivity contribution in [2.75, 3.05) is 5.43 Å². The van der Waals surface area contributed by atoms with Gasteiger partial charge in [0.15, 0.2) is 11.9 Å². The van der Waals surface area contributed by atoms with Crippen LogP contribution >= 0.6 is 11.6 Å². The van der Waals surface area contributed by atoms with Crippen LogP contribution in [-0.4, -0.2) is 23.6 Å². The van der Waals surface area contributed by atoms with E-state index >= 15 is 0 Å². The molecule has 146 valence electrons. The highest BCUT2D eigenvalue weighted by Crippen LogP contribution is 2.41. The number of ether oxygens (including phenoxy) is 1. The van der Waals surface area contributed by atoms with Crippen LogP contribution in [-0.2, 0) is 14.3 Å². The summed E-state index contributed by atoms with van der Waals surface area (Å²) in [7, 11) is 0. The monoisotopic (exact) mass is 398 g/mol. The molecule has 28 heavy (non-hydrogen) atoms. The van der Waals surface area contributed by atoms with Gasteiger partial charge in [-0.15, -0.1) is 0 Å². The Morgan fingerprint density at radius 1 is 1.00 bits per heavy atom. The first kappa shape index (κ1) is 20.1. The molecular formula is C22H23ClN2O3. The van der Waals surface area contributed by atoms with E-state index in [4.69, 9.17) is 16.3 Å². The second-order valence-electron chi connectivity index (χ2n) is 7.94. The quantitative estimate of drug-likeness (QED) is 0.350. The summed E-state index contributed by atoms with van der Waals surface area (Å²) in [6.07, 6.45) is -0.835. The molecule has 1 aliphatic heterocycles. The third-order valence-corrected chi connectivity index (χ3v) is 5.26. The van der Waals surface area contributed by atoms with Gasteiger partial charge in [0.25, 0.3) is 0 Å². The minimum Gasteiger partial charge on any atom is -0.454 e. The van der Waals surface area contributed by atoms with Gasteiger partial charge in [0.1, 0.15) is 11.1 Å². The molecule has 0 saturated carbocycles. The van der Waals surface area contributed by atoms with Crippen molar-refractivity contribution in [1.82, 2.24) is 0 Å². The van der Waals surface area contributed by atoms with Gasteiger partial charge in [0, 0.05) is 10.6 Å². The van der Waals surface area contributed by atoms with Gasteiger partial charge in [0.05, 0.1) is 11.1 Å². The number of carbonyl (C=O) groups excluding carboxylic acids is 2. The van der Waals surface area contributed by atoms with Gasteiger partial charge in [0.2, 0.25) is 0 Å². The Balaban J connectivity index is 2.06. The molecule has 1 saturated heterocycles. The molecule has 1 unspecified atom stereocenters. The number of benzene rings is 2. The lowest BCUT2D eigenvalue weighted by molar-refractivity contribution is -0.179. The highest BCUT2D eigenvalue weighted by Gasteiger charge is 2.56. The number of nitrogens with one attached hydrogen (secondary N) is 1. The van der Waals surface area contributed by atoms with Crippen LogP contribution in [0.15, 0.2) is 59.7 Å². The van der Waals surface area contributed by atoms with Crippen molar-refractivity contribution >= 4 is 34.8 Å². The Morgan fingerprint density at radius 2 is 1.61 bits per heavy atom. The highest BCUT2D eigenvalue weighted by atomic mass is 35.5. The maximum Gasteiger partial charge on any atom is 0.319 e. The number of anilines is 1. The van der Waals surface area contributed by atoms with Crippen molar-refractivity contribution in [3.05, 3.63) is 65.2 Å². The summed E-state index contributed by atoms with van der Waals surface area (Å²) in [6.45, 7) is 6.75. The van der Waals surface area contributed by atoms with Crippen LogP contribution in [0.4, 0.5) is 5.69 Å². The number of rotatable bonds is 4. The first-order valence-electron chi connectivity index (χ1n) is 9.04. The normalized spacial score (nSPS) is 21.2. The average Bonchev–Trinajstić information content (AvgIpc) is 2.67. The third-order valence-electron chi connectivity index (χ3n) is 5.01. The van der Waals surface area contributed by atoms with E-state index in [2.05, 4.69) is 10.5 Å². The fourth-order valence-corrected chi connectivity index (χ4v) is 3.48. The predicted molar refractivity (Wildman–Crippen MR) is 111 cm³/mol. The zero-order valence-corrected chi connectivity index (χ0v) is 17.1. The van der Waals surface area contributed by atoms with Crippen LogP contribution < -0.4 is 5.43 Å². The van der Waals surface area contributed by atoms with Crippen LogP contribution in [0.25, 0.3) is 0 Å². The van der Waals surface area contributed by atoms with E-state index in [-0.39, 0.29) is 5.78 Å². The smallest absolute Gasteiger partial charge is 0.319 e. The van der Waals surface area contributed by atoms with Crippen LogP contribution in [0.5, 0.6) is 0 Å². The number of hydrogen-bond donors (Lipinski definition) is 1. The molecule has 1 N–H and O–H groups in total. The van der Waals surface area contributed by atoms with E-state index in [9.17, 15) is 9.59 Å². The number of esters is 1. The molecule has 0 aromatic heterocycles. The minimum atomic E-state index is -1.20. The minimum absolute atomic E-state index is 0.178. The topological polar surface area (TPSA) is 67.8 Å². The van der Waals surface area contributed by atoms with Crippen LogP contribution in [0.2, 0.25) is 5.02 Å². The van der Waals surface area contributed by atoms with Crippen LogP contribution in [0, 0.1) is 10.8 Å². The van der Waals surface area contributed by atoms with Gasteiger partial charge in [-0.1, -0.05) is 41.9 Å². The summed E-state index contributed by atoms with van der Waals surface area (Å²) in [5.74, 6) is -0.731. The Kier molecular flexibility index (Phi) is 5.31. The molecule has 1 aliphatic rings. The molecule has 5 nitrogen and oxygen atoms in total. The number of para-hydroxylation sites is 1. The number of Topliss-reactive ketones (excluding diaryl/α,β-unsaturated/α-hetero) is 1. The van der Waals surface area contributed by atoms with Gasteiger partial charge in [-0.3, -0.25) is 15.0 Å². The molecule has 6 heteroatoms. The summed E-state index contributed by atoms with van der Waals surface area (Å²) in [5.41, 5.74) is 2.80. The van der Waals surface area contributed by atoms with E-state index in [1.165, 1.54) is 0 Å². The predicted octanol–water partition coefficient (Wildman–Crippen LogP) is 4.70. The van der Waals surface area contributed by atoms with Gasteiger partial charge in [-0.2, -0.15) is 5.10 Å². The second-order valence-corrected chi connectivity index (χ2v) is 8.38. The summed E-state index contributed by atoms with van der Waals surface area (Å²) < 4.78 is 5.76. The maximum atomic E-state index is 13.1. The van der Waals surface area contributed by atoms with E-state index in [0.29, 0.717) is 16.3 Å². The molecule has 2 aromatic rings. The molecular weight excluding hydrogens is 376 g/mol. The number of hydrogen-bond acceptors (Lipinski definition) is 5. The molecule has 0 radical (unpaired) electrons. The lowest BCUT2D eigenvalue weighted by atomic mass is 9.67. The van der Waals surface area contributed by atoms with Gasteiger partial charge in [-0.05, 0) is 52.0 Å². The lowest BCUT2D eigenvalue weighted by Crippen LogP contribution is -2.58. The van der Waals surface area contributed by atoms with Gasteiger partial charge >= 0.3 is 5.97 Å². The van der Waals surface area contributed by atoms with Crippen molar-refractivity contribution < 1.29 is 14.3 Å². The fraction of sp³-hybridized carbons (Fsp3) is 0.318. The Hall–Kier alpha value is -2.66. The van der Waals surface area contributed by atoms with Crippen molar-refractivity contribution in [2.45, 2.75) is 33.8 Å². The first-order chi connectivity index (χ1) is 13.1. The molecule has 1 heterocycles. The number of hydrazone groups is 1. The number of ketones is 1. The Labute approximate surface area is 169 Å². The van der Waals surface area contributed by atoms with Crippen molar-refractivity contribution in [3.8, 4) is 0 Å². The molecule has 1 atom stereocenters. The summed E-state index contributed by atoms with van der Waals surface area (Å²) >= 11 is 6.02. The summed E-state index contributed by atoms with van der Waals surface area (Å²) in [4.78, 5) is 25.6. The third kappa shape index (κ3) is 3.67. The lowest BCUT2D eigenvalue weighted by Gasteiger charge is -2.43. The van der Waals surface area contributed by atoms with E-state index in [1.54, 1.807) is 52.0 Å². The zero-order chi connectivity index (χ0) is 20.5. The van der Waals surface area contributed by atoms with Gasteiger partial charge < -0.3 is 4.74 Å². The van der Waals surface area contributed by atoms with E-state index in [1.807, 2.05) is 30.3 Å². The van der Waals surface area contributed by atoms with Gasteiger partial charge in [-0.25, -0.2) is 0 Å². The molecule has 0 amide bonds. The number of carbonyl (C=O) groups is 2. The summed E-state index contributed by atoms with van der Waals surface area (Å²) in [6, 6.07) is 16.5. The zero-order valence-electron chi connectivity index (χ0n) is 16.3. The van der Waals surface area contributed by atoms with Crippen molar-refractivity contribution in [2.24, 2.45) is 15.9 Å². The van der Waals surface area contributed by atoms with E-state index in [0.717, 1.165) is 5.69 Å². The molecule has 1 fully saturated rings. The molecule has 3 rings (SSSR count). The highest BCUT2D eigenvalue weighted by molar-refractivity contribution is 6.30. The first-order valence-corrected chi connectivity index (χ1v) is 9.42. The van der Waals surface area contributed by atoms with Crippen LogP contribution in [0.3, 0.4) is 0 Å². The molecule has 0 aliphatic carbocycles.